The van der Waals surface area contributed by atoms with Crippen molar-refractivity contribution >= 4 is 16.6 Å². The number of nitrogens with one attached hydrogen (secondary N) is 1. The van der Waals surface area contributed by atoms with Gasteiger partial charge in [0.25, 0.3) is 0 Å². The largest absolute Gasteiger partial charge is 0.352 e. The van der Waals surface area contributed by atoms with Gasteiger partial charge in [-0.2, -0.15) is 0 Å². The number of aliphatic imine (C=N–C) groups is 1. The van der Waals surface area contributed by atoms with Crippen LogP contribution in [-0.4, -0.2) is 37.2 Å². The van der Waals surface area contributed by atoms with Crippen LogP contribution in [0.25, 0.3) is 33.3 Å². The van der Waals surface area contributed by atoms with Crippen LogP contribution in [0.3, 0.4) is 0 Å². The van der Waals surface area contributed by atoms with Gasteiger partial charge < -0.3 is 4.98 Å². The van der Waals surface area contributed by atoms with Gasteiger partial charge in [-0.3, -0.25) is 24.9 Å². The Kier molecular flexibility index (Phi) is 4.13. The minimum atomic E-state index is 0.724. The molecule has 0 bridgehead atoms. The Labute approximate surface area is 178 Å². The lowest BCUT2D eigenvalue weighted by Crippen LogP contribution is -2.16. The first-order chi connectivity index (χ1) is 15.4. The molecule has 0 aliphatic carbocycles. The molecule has 1 aliphatic rings. The Bertz CT molecular complexity index is 1420. The average molecular weight is 402 g/mol. The standard InChI is InChI=1S/C25H18N6/c1-2-8-28-21(5-1)17-10-19-22(30-13-17)6-9-29-25(19)23-11-18-20(14-27-15-24(18)31-23)16-4-3-7-26-12-16/h1-5,7-8,10-15,31H,6,9H2. The minimum absolute atomic E-state index is 0.724. The van der Waals surface area contributed by atoms with Crippen molar-refractivity contribution in [2.24, 2.45) is 4.99 Å². The summed E-state index contributed by atoms with van der Waals surface area (Å²) in [6, 6.07) is 14.2. The third kappa shape index (κ3) is 3.09. The van der Waals surface area contributed by atoms with E-state index in [0.29, 0.717) is 0 Å². The van der Waals surface area contributed by atoms with Gasteiger partial charge in [-0.25, -0.2) is 0 Å². The predicted octanol–water partition coefficient (Wildman–Crippen LogP) is 4.48. The molecule has 6 rings (SSSR count). The molecule has 0 amide bonds. The summed E-state index contributed by atoms with van der Waals surface area (Å²) in [4.78, 5) is 26.3. The van der Waals surface area contributed by atoms with Crippen molar-refractivity contribution in [3.05, 3.63) is 96.6 Å². The summed E-state index contributed by atoms with van der Waals surface area (Å²) < 4.78 is 0. The zero-order valence-corrected chi connectivity index (χ0v) is 16.7. The summed E-state index contributed by atoms with van der Waals surface area (Å²) in [6.07, 6.45) is 11.9. The van der Waals surface area contributed by atoms with Crippen molar-refractivity contribution < 1.29 is 0 Å². The van der Waals surface area contributed by atoms with E-state index >= 15 is 0 Å². The molecule has 0 saturated carbocycles. The highest BCUT2D eigenvalue weighted by molar-refractivity contribution is 6.16. The lowest BCUT2D eigenvalue weighted by atomic mass is 9.97. The second kappa shape index (κ2) is 7.25. The Morgan fingerprint density at radius 1 is 0.774 bits per heavy atom. The molecular formula is C25H18N6. The molecule has 0 unspecified atom stereocenters. The quantitative estimate of drug-likeness (QED) is 0.483. The first-order valence-corrected chi connectivity index (χ1v) is 10.2. The SMILES string of the molecule is c1ccc(-c2cnc3c(c2)C(c2cc4c(-c5cccnc5)cncc4[nH]2)=NCC3)nc1. The zero-order valence-electron chi connectivity index (χ0n) is 16.7. The highest BCUT2D eigenvalue weighted by Gasteiger charge is 2.20. The topological polar surface area (TPSA) is 79.7 Å². The van der Waals surface area contributed by atoms with E-state index in [1.807, 2.05) is 55.1 Å². The highest BCUT2D eigenvalue weighted by atomic mass is 14.8. The van der Waals surface area contributed by atoms with Gasteiger partial charge in [-0.1, -0.05) is 12.1 Å². The number of nitrogens with zero attached hydrogens (tertiary/aromatic N) is 5. The molecule has 31 heavy (non-hydrogen) atoms. The third-order valence-corrected chi connectivity index (χ3v) is 5.58. The van der Waals surface area contributed by atoms with Gasteiger partial charge in [0.05, 0.1) is 34.5 Å². The van der Waals surface area contributed by atoms with Crippen LogP contribution in [0.2, 0.25) is 0 Å². The number of aromatic amines is 1. The van der Waals surface area contributed by atoms with Crippen LogP contribution < -0.4 is 0 Å². The first-order valence-electron chi connectivity index (χ1n) is 10.2. The zero-order chi connectivity index (χ0) is 20.6. The van der Waals surface area contributed by atoms with Gasteiger partial charge in [0.2, 0.25) is 0 Å². The Morgan fingerprint density at radius 3 is 2.65 bits per heavy atom. The Morgan fingerprint density at radius 2 is 1.77 bits per heavy atom. The van der Waals surface area contributed by atoms with E-state index in [0.717, 1.165) is 68.9 Å². The number of hydrogen-bond donors (Lipinski definition) is 1. The maximum absolute atomic E-state index is 4.87. The van der Waals surface area contributed by atoms with Crippen LogP contribution in [-0.2, 0) is 6.42 Å². The Balaban J connectivity index is 1.48. The molecule has 0 saturated heterocycles. The molecule has 1 N–H and O–H groups in total. The van der Waals surface area contributed by atoms with Crippen LogP contribution in [0.1, 0.15) is 17.0 Å². The number of pyridine rings is 4. The van der Waals surface area contributed by atoms with Gasteiger partial charge in [0, 0.05) is 71.6 Å². The summed E-state index contributed by atoms with van der Waals surface area (Å²) in [5.41, 5.74) is 8.96. The van der Waals surface area contributed by atoms with E-state index in [9.17, 15) is 0 Å². The van der Waals surface area contributed by atoms with E-state index in [1.54, 1.807) is 12.4 Å². The van der Waals surface area contributed by atoms with Crippen molar-refractivity contribution in [1.82, 2.24) is 24.9 Å². The molecule has 148 valence electrons. The van der Waals surface area contributed by atoms with Crippen LogP contribution in [0.5, 0.6) is 0 Å². The monoisotopic (exact) mass is 402 g/mol. The molecule has 0 spiro atoms. The second-order valence-corrected chi connectivity index (χ2v) is 7.49. The van der Waals surface area contributed by atoms with E-state index in [-0.39, 0.29) is 0 Å². The van der Waals surface area contributed by atoms with Gasteiger partial charge in [0.1, 0.15) is 0 Å². The van der Waals surface area contributed by atoms with Crippen molar-refractivity contribution in [2.75, 3.05) is 6.54 Å². The van der Waals surface area contributed by atoms with Gasteiger partial charge >= 0.3 is 0 Å². The summed E-state index contributed by atoms with van der Waals surface area (Å²) in [5.74, 6) is 0. The van der Waals surface area contributed by atoms with Crippen molar-refractivity contribution in [2.45, 2.75) is 6.42 Å². The molecule has 5 aromatic heterocycles. The molecule has 5 aromatic rings. The maximum Gasteiger partial charge on any atom is 0.0900 e. The van der Waals surface area contributed by atoms with E-state index < -0.39 is 0 Å². The molecule has 0 fully saturated rings. The van der Waals surface area contributed by atoms with Crippen molar-refractivity contribution in [3.8, 4) is 22.4 Å². The number of H-pyrrole nitrogens is 1. The van der Waals surface area contributed by atoms with Crippen molar-refractivity contribution in [1.29, 1.82) is 0 Å². The number of rotatable bonds is 3. The molecule has 0 atom stereocenters. The van der Waals surface area contributed by atoms with E-state index in [2.05, 4.69) is 32.1 Å². The van der Waals surface area contributed by atoms with E-state index in [1.165, 1.54) is 0 Å². The fourth-order valence-corrected chi connectivity index (χ4v) is 4.09. The fourth-order valence-electron chi connectivity index (χ4n) is 4.09. The summed E-state index contributed by atoms with van der Waals surface area (Å²) in [7, 11) is 0. The fraction of sp³-hybridized carbons (Fsp3) is 0.0800. The summed E-state index contributed by atoms with van der Waals surface area (Å²) in [5, 5.41) is 1.10. The van der Waals surface area contributed by atoms with Crippen molar-refractivity contribution in [3.63, 3.8) is 0 Å². The Hall–Kier alpha value is -4.19. The molecule has 0 aromatic carbocycles. The molecule has 6 nitrogen and oxygen atoms in total. The van der Waals surface area contributed by atoms with Gasteiger partial charge in [0.15, 0.2) is 0 Å². The van der Waals surface area contributed by atoms with E-state index in [4.69, 9.17) is 9.98 Å². The number of fused-ring (bicyclic) bond motifs is 2. The second-order valence-electron chi connectivity index (χ2n) is 7.49. The molecule has 6 heteroatoms. The molecule has 6 heterocycles. The van der Waals surface area contributed by atoms with Crippen LogP contribution in [0, 0.1) is 0 Å². The highest BCUT2D eigenvalue weighted by Crippen LogP contribution is 2.30. The predicted molar refractivity (Wildman–Crippen MR) is 121 cm³/mol. The maximum atomic E-state index is 4.87. The van der Waals surface area contributed by atoms with Crippen LogP contribution in [0.4, 0.5) is 0 Å². The first kappa shape index (κ1) is 17.7. The summed E-state index contributed by atoms with van der Waals surface area (Å²) >= 11 is 0. The van der Waals surface area contributed by atoms with Crippen LogP contribution in [0.15, 0.2) is 84.6 Å². The molecule has 0 radical (unpaired) electrons. The lowest BCUT2D eigenvalue weighted by Gasteiger charge is -2.16. The smallest absolute Gasteiger partial charge is 0.0900 e. The molecular weight excluding hydrogens is 384 g/mol. The average Bonchev–Trinajstić information content (AvgIpc) is 3.29. The van der Waals surface area contributed by atoms with Gasteiger partial charge in [-0.15, -0.1) is 0 Å². The molecule has 1 aliphatic heterocycles. The number of aromatic nitrogens is 5. The van der Waals surface area contributed by atoms with Gasteiger partial charge in [-0.05, 0) is 30.3 Å². The third-order valence-electron chi connectivity index (χ3n) is 5.58. The number of hydrogen-bond acceptors (Lipinski definition) is 5. The normalized spacial score (nSPS) is 13.1. The summed E-state index contributed by atoms with van der Waals surface area (Å²) in [6.45, 7) is 0.724. The van der Waals surface area contributed by atoms with Crippen LogP contribution >= 0.6 is 0 Å². The minimum Gasteiger partial charge on any atom is -0.352 e. The lowest BCUT2D eigenvalue weighted by molar-refractivity contribution is 0.897.